The Balaban J connectivity index is 1.68. The van der Waals surface area contributed by atoms with Crippen LogP contribution in [-0.4, -0.2) is 117 Å². The van der Waals surface area contributed by atoms with Gasteiger partial charge in [0, 0.05) is 12.8 Å². The van der Waals surface area contributed by atoms with Gasteiger partial charge >= 0.3 is 11.9 Å². The fourth-order valence-corrected chi connectivity index (χ4v) is 7.01. The van der Waals surface area contributed by atoms with E-state index in [0.29, 0.717) is 12.8 Å². The third-order valence-electron chi connectivity index (χ3n) is 10.7. The third-order valence-corrected chi connectivity index (χ3v) is 10.7. The molecule has 2 heterocycles. The molecule has 13 nitrogen and oxygen atoms in total. The van der Waals surface area contributed by atoms with E-state index < -0.39 is 86.6 Å². The monoisotopic (exact) mass is 803 g/mol. The number of esters is 2. The summed E-state index contributed by atoms with van der Waals surface area (Å²) in [7, 11) is 0. The number of aliphatic hydroxyl groups excluding tert-OH is 6. The van der Waals surface area contributed by atoms with E-state index in [-0.39, 0.29) is 12.8 Å². The molecule has 6 N–H and O–H groups in total. The quantitative estimate of drug-likeness (QED) is 0.0275. The smallest absolute Gasteiger partial charge is 0.305 e. The highest BCUT2D eigenvalue weighted by molar-refractivity contribution is 5.69. The highest BCUT2D eigenvalue weighted by Gasteiger charge is 2.50. The molecule has 10 atom stereocenters. The maximum atomic E-state index is 12.4. The first-order valence-electron chi connectivity index (χ1n) is 22.0. The van der Waals surface area contributed by atoms with Gasteiger partial charge in [-0.05, 0) is 44.4 Å². The van der Waals surface area contributed by atoms with Gasteiger partial charge in [0.2, 0.25) is 0 Å². The summed E-state index contributed by atoms with van der Waals surface area (Å²) in [5, 5.41) is 63.2. The molecule has 0 aromatic heterocycles. The van der Waals surface area contributed by atoms with Gasteiger partial charge in [0.15, 0.2) is 12.6 Å². The second-order valence-corrected chi connectivity index (χ2v) is 16.3. The molecule has 0 spiro atoms. The number of ether oxygens (including phenoxy) is 5. The molecule has 2 fully saturated rings. The lowest BCUT2D eigenvalue weighted by atomic mass is 9.98. The zero-order chi connectivity index (χ0) is 41.1. The molecule has 2 rings (SSSR count). The fourth-order valence-electron chi connectivity index (χ4n) is 7.01. The van der Waals surface area contributed by atoms with Gasteiger partial charge in [-0.25, -0.2) is 0 Å². The van der Waals surface area contributed by atoms with Crippen molar-refractivity contribution >= 4 is 11.9 Å². The van der Waals surface area contributed by atoms with E-state index in [9.17, 15) is 40.2 Å². The molecule has 0 amide bonds. The molecule has 0 radical (unpaired) electrons. The summed E-state index contributed by atoms with van der Waals surface area (Å²) in [5.74, 6) is -0.227. The summed E-state index contributed by atoms with van der Waals surface area (Å²) in [6.07, 6.45) is 11.9. The van der Waals surface area contributed by atoms with Crippen molar-refractivity contribution in [3.05, 3.63) is 12.2 Å². The summed E-state index contributed by atoms with van der Waals surface area (Å²) in [6.45, 7) is 5.87. The van der Waals surface area contributed by atoms with Crippen LogP contribution in [0.2, 0.25) is 0 Å². The van der Waals surface area contributed by atoms with Crippen molar-refractivity contribution in [2.75, 3.05) is 13.2 Å². The number of unbranched alkanes of at least 4 members (excludes halogenated alkanes) is 17. The van der Waals surface area contributed by atoms with Crippen molar-refractivity contribution in [1.82, 2.24) is 0 Å². The zero-order valence-electron chi connectivity index (χ0n) is 34.7. The Kier molecular flexibility index (Phi) is 27.4. The predicted molar refractivity (Wildman–Crippen MR) is 212 cm³/mol. The van der Waals surface area contributed by atoms with Gasteiger partial charge in [-0.2, -0.15) is 0 Å². The van der Waals surface area contributed by atoms with Crippen molar-refractivity contribution in [3.8, 4) is 0 Å². The first kappa shape index (κ1) is 50.5. The highest BCUT2D eigenvalue weighted by Crippen LogP contribution is 2.29. The lowest BCUT2D eigenvalue weighted by Gasteiger charge is -2.44. The molecule has 2 saturated heterocycles. The average molecular weight is 803 g/mol. The molecule has 328 valence electrons. The Morgan fingerprint density at radius 1 is 0.518 bits per heavy atom. The van der Waals surface area contributed by atoms with Crippen molar-refractivity contribution in [2.45, 2.75) is 230 Å². The molecule has 2 aliphatic heterocycles. The SMILES string of the molecule is CCCCCCC/C=C\CCCCCCC(=O)OC[C@H]1O[C@H](O[C@H]2O[C@H](COC(=O)CCCCCCCCCCCC(C)C)[C@@H](O)[C@H](O)[C@H]2O)[C@H](O)[C@@H](O)[C@@H]1O. The Bertz CT molecular complexity index is 1040. The van der Waals surface area contributed by atoms with Crippen LogP contribution in [0.3, 0.4) is 0 Å². The Morgan fingerprint density at radius 3 is 1.30 bits per heavy atom. The minimum absolute atomic E-state index is 0.175. The van der Waals surface area contributed by atoms with E-state index in [1.165, 1.54) is 70.6 Å². The van der Waals surface area contributed by atoms with Gasteiger partial charge < -0.3 is 54.3 Å². The van der Waals surface area contributed by atoms with Crippen LogP contribution >= 0.6 is 0 Å². The van der Waals surface area contributed by atoms with Crippen LogP contribution in [-0.2, 0) is 33.3 Å². The number of rotatable bonds is 31. The number of carbonyl (C=O) groups excluding carboxylic acids is 2. The zero-order valence-corrected chi connectivity index (χ0v) is 34.7. The molecule has 0 unspecified atom stereocenters. The molecule has 0 aliphatic carbocycles. The third kappa shape index (κ3) is 20.8. The molecule has 56 heavy (non-hydrogen) atoms. The number of hydrogen-bond donors (Lipinski definition) is 6. The normalized spacial score (nSPS) is 28.2. The molecule has 0 bridgehead atoms. The number of aliphatic hydroxyl groups is 6. The standard InChI is InChI=1S/C43H78O13/c1-4-5-6-7-8-9-10-11-12-15-18-21-24-27-34(44)52-29-32-36(46)38(48)40(50)42(54-32)56-43-41(51)39(49)37(47)33(55-43)30-53-35(45)28-25-22-19-16-13-14-17-20-23-26-31(2)3/h10-11,31-33,36-43,46-51H,4-9,12-30H2,1-3H3/b11-10-/t32-,33-,36-,37-,38+,39+,40-,41-,42-,43-/m1/s1. The number of hydrogen-bond acceptors (Lipinski definition) is 13. The fraction of sp³-hybridized carbons (Fsp3) is 0.907. The van der Waals surface area contributed by atoms with Crippen LogP contribution in [0.15, 0.2) is 12.2 Å². The average Bonchev–Trinajstić information content (AvgIpc) is 3.17. The largest absolute Gasteiger partial charge is 0.463 e. The van der Waals surface area contributed by atoms with Gasteiger partial charge in [-0.15, -0.1) is 0 Å². The van der Waals surface area contributed by atoms with Crippen molar-refractivity contribution in [2.24, 2.45) is 5.92 Å². The molecular weight excluding hydrogens is 724 g/mol. The Labute approximate surface area is 336 Å². The lowest BCUT2D eigenvalue weighted by molar-refractivity contribution is -0.376. The maximum absolute atomic E-state index is 12.4. The summed E-state index contributed by atoms with van der Waals surface area (Å²) in [6, 6.07) is 0. The summed E-state index contributed by atoms with van der Waals surface area (Å²) < 4.78 is 27.4. The Hall–Kier alpha value is -1.68. The van der Waals surface area contributed by atoms with Gasteiger partial charge in [-0.3, -0.25) is 9.59 Å². The van der Waals surface area contributed by atoms with Crippen molar-refractivity contribution in [3.63, 3.8) is 0 Å². The number of allylic oxidation sites excluding steroid dienone is 2. The minimum atomic E-state index is -1.80. The van der Waals surface area contributed by atoms with E-state index in [1.807, 2.05) is 0 Å². The van der Waals surface area contributed by atoms with Gasteiger partial charge in [-0.1, -0.05) is 129 Å². The second-order valence-electron chi connectivity index (χ2n) is 16.3. The van der Waals surface area contributed by atoms with Crippen LogP contribution < -0.4 is 0 Å². The van der Waals surface area contributed by atoms with E-state index >= 15 is 0 Å². The van der Waals surface area contributed by atoms with Gasteiger partial charge in [0.05, 0.1) is 0 Å². The van der Waals surface area contributed by atoms with E-state index in [4.69, 9.17) is 23.7 Å². The van der Waals surface area contributed by atoms with Crippen molar-refractivity contribution < 1.29 is 63.9 Å². The predicted octanol–water partition coefficient (Wildman–Crippen LogP) is 5.91. The molecule has 0 saturated carbocycles. The summed E-state index contributed by atoms with van der Waals surface area (Å²) in [4.78, 5) is 24.8. The lowest BCUT2D eigenvalue weighted by Crippen LogP contribution is -2.64. The Morgan fingerprint density at radius 2 is 0.893 bits per heavy atom. The van der Waals surface area contributed by atoms with Crippen LogP contribution in [0.5, 0.6) is 0 Å². The van der Waals surface area contributed by atoms with Crippen LogP contribution in [0.1, 0.15) is 168 Å². The molecule has 0 aromatic carbocycles. The van der Waals surface area contributed by atoms with Crippen molar-refractivity contribution in [1.29, 1.82) is 0 Å². The minimum Gasteiger partial charge on any atom is -0.463 e. The first-order valence-corrected chi connectivity index (χ1v) is 22.0. The van der Waals surface area contributed by atoms with Crippen LogP contribution in [0.4, 0.5) is 0 Å². The van der Waals surface area contributed by atoms with Crippen LogP contribution in [0.25, 0.3) is 0 Å². The molecule has 2 aliphatic rings. The van der Waals surface area contributed by atoms with E-state index in [1.54, 1.807) is 0 Å². The first-order chi connectivity index (χ1) is 27.0. The number of carbonyl (C=O) groups is 2. The summed E-state index contributed by atoms with van der Waals surface area (Å²) in [5.41, 5.74) is 0. The van der Waals surface area contributed by atoms with E-state index in [0.717, 1.165) is 57.3 Å². The van der Waals surface area contributed by atoms with Gasteiger partial charge in [0.1, 0.15) is 62.0 Å². The van der Waals surface area contributed by atoms with Gasteiger partial charge in [0.25, 0.3) is 0 Å². The van der Waals surface area contributed by atoms with E-state index in [2.05, 4.69) is 32.9 Å². The molecule has 0 aromatic rings. The van der Waals surface area contributed by atoms with Crippen LogP contribution in [0, 0.1) is 5.92 Å². The molecule has 13 heteroatoms. The topological polar surface area (TPSA) is 202 Å². The second kappa shape index (κ2) is 30.4. The maximum Gasteiger partial charge on any atom is 0.305 e. The molecular formula is C43H78O13. The highest BCUT2D eigenvalue weighted by atomic mass is 16.8. The summed E-state index contributed by atoms with van der Waals surface area (Å²) >= 11 is 0.